The molecule has 0 spiro atoms. The number of thiazole rings is 1. The van der Waals surface area contributed by atoms with E-state index in [4.69, 9.17) is 11.6 Å². The highest BCUT2D eigenvalue weighted by molar-refractivity contribution is 7.91. The molecule has 122 valence electrons. The number of halogens is 1. The van der Waals surface area contributed by atoms with Crippen molar-refractivity contribution < 1.29 is 8.42 Å². The molecule has 0 aliphatic rings. The van der Waals surface area contributed by atoms with Gasteiger partial charge in [-0.2, -0.15) is 0 Å². The van der Waals surface area contributed by atoms with Crippen LogP contribution in [0, 0.1) is 0 Å². The quantitative estimate of drug-likeness (QED) is 0.765. The normalized spacial score (nSPS) is 12.2. The van der Waals surface area contributed by atoms with Gasteiger partial charge < -0.3 is 0 Å². The third-order valence-electron chi connectivity index (χ3n) is 3.11. The van der Waals surface area contributed by atoms with E-state index in [1.807, 2.05) is 5.38 Å². The number of nitrogens with one attached hydrogen (secondary N) is 1. The van der Waals surface area contributed by atoms with E-state index in [0.29, 0.717) is 4.34 Å². The van der Waals surface area contributed by atoms with Crippen molar-refractivity contribution in [3.8, 4) is 0 Å². The van der Waals surface area contributed by atoms with Gasteiger partial charge in [0.2, 0.25) is 10.0 Å². The standard InChI is InChI=1S/C13H18ClN3O2S3/c1-3-17(4-2)8-10-9-20-12(16-10)7-15-22(18,19)13-6-5-11(14)21-13/h5-6,9,15H,3-4,7-8H2,1-2H3. The zero-order valence-electron chi connectivity index (χ0n) is 12.4. The Kier molecular flexibility index (Phi) is 6.36. The molecule has 2 rings (SSSR count). The molecular weight excluding hydrogens is 362 g/mol. The second kappa shape index (κ2) is 7.85. The number of hydrogen-bond donors (Lipinski definition) is 1. The topological polar surface area (TPSA) is 62.3 Å². The van der Waals surface area contributed by atoms with Crippen LogP contribution in [0.5, 0.6) is 0 Å². The second-order valence-corrected chi connectivity index (χ2v) is 9.23. The Labute approximate surface area is 144 Å². The summed E-state index contributed by atoms with van der Waals surface area (Å²) in [5.74, 6) is 0. The van der Waals surface area contributed by atoms with Crippen molar-refractivity contribution in [3.63, 3.8) is 0 Å². The van der Waals surface area contributed by atoms with E-state index < -0.39 is 10.0 Å². The Bertz CT molecular complexity index is 708. The second-order valence-electron chi connectivity index (χ2n) is 4.58. The van der Waals surface area contributed by atoms with Crippen molar-refractivity contribution in [1.29, 1.82) is 0 Å². The Hall–Kier alpha value is -0.510. The lowest BCUT2D eigenvalue weighted by atomic mass is 10.4. The summed E-state index contributed by atoms with van der Waals surface area (Å²) in [6.45, 7) is 7.13. The van der Waals surface area contributed by atoms with E-state index in [1.54, 1.807) is 6.07 Å². The molecule has 0 aromatic carbocycles. The van der Waals surface area contributed by atoms with Crippen LogP contribution >= 0.6 is 34.3 Å². The maximum absolute atomic E-state index is 12.1. The lowest BCUT2D eigenvalue weighted by molar-refractivity contribution is 0.292. The maximum Gasteiger partial charge on any atom is 0.250 e. The van der Waals surface area contributed by atoms with Gasteiger partial charge in [-0.25, -0.2) is 18.1 Å². The van der Waals surface area contributed by atoms with E-state index in [9.17, 15) is 8.42 Å². The summed E-state index contributed by atoms with van der Waals surface area (Å²) in [6, 6.07) is 3.08. The highest BCUT2D eigenvalue weighted by Gasteiger charge is 2.17. The van der Waals surface area contributed by atoms with E-state index >= 15 is 0 Å². The molecule has 0 fully saturated rings. The Morgan fingerprint density at radius 3 is 2.64 bits per heavy atom. The summed E-state index contributed by atoms with van der Waals surface area (Å²) in [4.78, 5) is 6.74. The Balaban J connectivity index is 1.96. The Morgan fingerprint density at radius 2 is 2.05 bits per heavy atom. The predicted octanol–water partition coefficient (Wildman–Crippen LogP) is 3.18. The summed E-state index contributed by atoms with van der Waals surface area (Å²) in [5.41, 5.74) is 0.974. The molecule has 5 nitrogen and oxygen atoms in total. The van der Waals surface area contributed by atoms with Crippen molar-refractivity contribution in [2.24, 2.45) is 0 Å². The van der Waals surface area contributed by atoms with Gasteiger partial charge in [0.1, 0.15) is 9.22 Å². The molecule has 0 unspecified atom stereocenters. The van der Waals surface area contributed by atoms with Crippen LogP contribution in [0.1, 0.15) is 24.5 Å². The van der Waals surface area contributed by atoms with Gasteiger partial charge in [0.05, 0.1) is 16.6 Å². The SMILES string of the molecule is CCN(CC)Cc1csc(CNS(=O)(=O)c2ccc(Cl)s2)n1. The summed E-state index contributed by atoms with van der Waals surface area (Å²) in [5, 5.41) is 2.73. The molecule has 2 aromatic rings. The molecule has 0 atom stereocenters. The number of hydrogen-bond acceptors (Lipinski definition) is 6. The number of rotatable bonds is 8. The smallest absolute Gasteiger partial charge is 0.250 e. The lowest BCUT2D eigenvalue weighted by Crippen LogP contribution is -2.23. The largest absolute Gasteiger partial charge is 0.298 e. The van der Waals surface area contributed by atoms with Crippen LogP contribution in [-0.4, -0.2) is 31.4 Å². The van der Waals surface area contributed by atoms with E-state index in [0.717, 1.165) is 41.7 Å². The molecule has 2 heterocycles. The van der Waals surface area contributed by atoms with Crippen LogP contribution < -0.4 is 4.72 Å². The average Bonchev–Trinajstić information content (AvgIpc) is 3.12. The van der Waals surface area contributed by atoms with Gasteiger partial charge in [-0.05, 0) is 25.2 Å². The third kappa shape index (κ3) is 4.74. The van der Waals surface area contributed by atoms with Gasteiger partial charge in [0.15, 0.2) is 0 Å². The van der Waals surface area contributed by atoms with Gasteiger partial charge in [0.25, 0.3) is 0 Å². The van der Waals surface area contributed by atoms with E-state index in [1.165, 1.54) is 17.4 Å². The number of sulfonamides is 1. The molecular formula is C13H18ClN3O2S3. The molecule has 0 saturated heterocycles. The summed E-state index contributed by atoms with van der Waals surface area (Å²) < 4.78 is 27.4. The highest BCUT2D eigenvalue weighted by atomic mass is 35.5. The molecule has 9 heteroatoms. The van der Waals surface area contributed by atoms with Gasteiger partial charge >= 0.3 is 0 Å². The molecule has 0 radical (unpaired) electrons. The van der Waals surface area contributed by atoms with Crippen LogP contribution in [0.4, 0.5) is 0 Å². The number of nitrogens with zero attached hydrogens (tertiary/aromatic N) is 2. The molecule has 1 N–H and O–H groups in total. The predicted molar refractivity (Wildman–Crippen MR) is 92.1 cm³/mol. The number of aromatic nitrogens is 1. The van der Waals surface area contributed by atoms with Crippen molar-refractivity contribution in [1.82, 2.24) is 14.6 Å². The van der Waals surface area contributed by atoms with E-state index in [-0.39, 0.29) is 10.8 Å². The van der Waals surface area contributed by atoms with Gasteiger partial charge in [-0.15, -0.1) is 22.7 Å². The molecule has 0 aliphatic heterocycles. The van der Waals surface area contributed by atoms with Crippen LogP contribution in [0.2, 0.25) is 4.34 Å². The first kappa shape index (κ1) is 17.8. The fourth-order valence-electron chi connectivity index (χ4n) is 1.85. The van der Waals surface area contributed by atoms with Crippen molar-refractivity contribution in [2.75, 3.05) is 13.1 Å². The average molecular weight is 380 g/mol. The minimum absolute atomic E-state index is 0.195. The minimum Gasteiger partial charge on any atom is -0.298 e. The minimum atomic E-state index is -3.52. The Morgan fingerprint density at radius 1 is 1.32 bits per heavy atom. The van der Waals surface area contributed by atoms with Gasteiger partial charge in [0, 0.05) is 11.9 Å². The van der Waals surface area contributed by atoms with Crippen LogP contribution in [-0.2, 0) is 23.1 Å². The molecule has 0 saturated carbocycles. The molecule has 0 amide bonds. The molecule has 0 bridgehead atoms. The first-order chi connectivity index (χ1) is 10.4. The summed E-state index contributed by atoms with van der Waals surface area (Å²) in [6.07, 6.45) is 0. The van der Waals surface area contributed by atoms with Crippen molar-refractivity contribution in [2.45, 2.75) is 31.1 Å². The van der Waals surface area contributed by atoms with Crippen molar-refractivity contribution >= 4 is 44.3 Å². The van der Waals surface area contributed by atoms with Crippen LogP contribution in [0.3, 0.4) is 0 Å². The first-order valence-corrected chi connectivity index (χ1v) is 10.4. The van der Waals surface area contributed by atoms with Gasteiger partial charge in [-0.3, -0.25) is 4.90 Å². The van der Waals surface area contributed by atoms with E-state index in [2.05, 4.69) is 28.5 Å². The number of thiophene rings is 1. The third-order valence-corrected chi connectivity index (χ3v) is 7.13. The fraction of sp³-hybridized carbons (Fsp3) is 0.462. The lowest BCUT2D eigenvalue weighted by Gasteiger charge is -2.15. The molecule has 2 aromatic heterocycles. The van der Waals surface area contributed by atoms with Crippen LogP contribution in [0.25, 0.3) is 0 Å². The molecule has 22 heavy (non-hydrogen) atoms. The highest BCUT2D eigenvalue weighted by Crippen LogP contribution is 2.25. The molecule has 0 aliphatic carbocycles. The maximum atomic E-state index is 12.1. The monoisotopic (exact) mass is 379 g/mol. The fourth-order valence-corrected chi connectivity index (χ4v) is 5.18. The summed E-state index contributed by atoms with van der Waals surface area (Å²) >= 11 is 8.28. The summed E-state index contributed by atoms with van der Waals surface area (Å²) in [7, 11) is -3.52. The zero-order chi connectivity index (χ0) is 16.2. The van der Waals surface area contributed by atoms with Gasteiger partial charge in [-0.1, -0.05) is 25.4 Å². The first-order valence-electron chi connectivity index (χ1n) is 6.85. The van der Waals surface area contributed by atoms with Crippen LogP contribution in [0.15, 0.2) is 21.7 Å². The zero-order valence-corrected chi connectivity index (χ0v) is 15.6. The van der Waals surface area contributed by atoms with Crippen molar-refractivity contribution in [3.05, 3.63) is 32.6 Å².